The van der Waals surface area contributed by atoms with Crippen molar-refractivity contribution in [2.75, 3.05) is 14.2 Å². The summed E-state index contributed by atoms with van der Waals surface area (Å²) in [5.74, 6) is 0.870. The predicted molar refractivity (Wildman–Crippen MR) is 90.1 cm³/mol. The summed E-state index contributed by atoms with van der Waals surface area (Å²) in [6, 6.07) is 13.3. The minimum Gasteiger partial charge on any atom is -0.497 e. The lowest BCUT2D eigenvalue weighted by Gasteiger charge is -2.20. The maximum atomic E-state index is 5.28. The Kier molecular flexibility index (Phi) is 4.32. The van der Waals surface area contributed by atoms with Gasteiger partial charge in [-0.25, -0.2) is 0 Å². The average Bonchev–Trinajstić information content (AvgIpc) is 2.97. The molecule has 0 radical (unpaired) electrons. The van der Waals surface area contributed by atoms with Gasteiger partial charge in [0.05, 0.1) is 13.2 Å². The molecule has 3 heteroatoms. The molecule has 2 aromatic carbocycles. The van der Waals surface area contributed by atoms with Gasteiger partial charge in [-0.05, 0) is 60.7 Å². The number of halogens is 1. The van der Waals surface area contributed by atoms with E-state index in [-0.39, 0.29) is 6.04 Å². The zero-order valence-corrected chi connectivity index (χ0v) is 14.0. The van der Waals surface area contributed by atoms with Crippen molar-refractivity contribution < 1.29 is 4.74 Å². The van der Waals surface area contributed by atoms with Crippen LogP contribution in [0.15, 0.2) is 40.9 Å². The van der Waals surface area contributed by atoms with Crippen molar-refractivity contribution in [3.63, 3.8) is 0 Å². The monoisotopic (exact) mass is 345 g/mol. The van der Waals surface area contributed by atoms with Gasteiger partial charge in [0, 0.05) is 4.47 Å². The number of fused-ring (bicyclic) bond motifs is 1. The van der Waals surface area contributed by atoms with Crippen molar-refractivity contribution in [2.24, 2.45) is 0 Å². The fourth-order valence-corrected chi connectivity index (χ4v) is 3.73. The van der Waals surface area contributed by atoms with Crippen LogP contribution in [-0.2, 0) is 12.8 Å². The van der Waals surface area contributed by atoms with Gasteiger partial charge >= 0.3 is 0 Å². The molecule has 0 heterocycles. The Morgan fingerprint density at radius 1 is 1.10 bits per heavy atom. The van der Waals surface area contributed by atoms with Gasteiger partial charge in [0.25, 0.3) is 0 Å². The molecule has 110 valence electrons. The highest BCUT2D eigenvalue weighted by Gasteiger charge is 2.18. The summed E-state index contributed by atoms with van der Waals surface area (Å²) >= 11 is 3.67. The highest BCUT2D eigenvalue weighted by Crippen LogP contribution is 2.33. The van der Waals surface area contributed by atoms with Gasteiger partial charge in [-0.3, -0.25) is 0 Å². The molecule has 21 heavy (non-hydrogen) atoms. The van der Waals surface area contributed by atoms with Gasteiger partial charge in [0.2, 0.25) is 0 Å². The van der Waals surface area contributed by atoms with Crippen molar-refractivity contribution >= 4 is 15.9 Å². The van der Waals surface area contributed by atoms with Crippen molar-refractivity contribution in [2.45, 2.75) is 25.3 Å². The highest BCUT2D eigenvalue weighted by atomic mass is 79.9. The van der Waals surface area contributed by atoms with Crippen LogP contribution in [0.3, 0.4) is 0 Å². The fourth-order valence-electron chi connectivity index (χ4n) is 3.14. The Morgan fingerprint density at radius 2 is 1.90 bits per heavy atom. The van der Waals surface area contributed by atoms with Crippen LogP contribution in [0.1, 0.15) is 34.7 Å². The Morgan fingerprint density at radius 3 is 2.62 bits per heavy atom. The third kappa shape index (κ3) is 2.85. The molecule has 0 aromatic heterocycles. The van der Waals surface area contributed by atoms with Gasteiger partial charge in [0.15, 0.2) is 0 Å². The summed E-state index contributed by atoms with van der Waals surface area (Å²) < 4.78 is 6.35. The van der Waals surface area contributed by atoms with E-state index in [1.807, 2.05) is 19.2 Å². The number of nitrogens with one attached hydrogen (secondary N) is 1. The van der Waals surface area contributed by atoms with Crippen LogP contribution in [-0.4, -0.2) is 14.2 Å². The second kappa shape index (κ2) is 6.20. The van der Waals surface area contributed by atoms with Gasteiger partial charge < -0.3 is 10.1 Å². The van der Waals surface area contributed by atoms with E-state index >= 15 is 0 Å². The van der Waals surface area contributed by atoms with Crippen LogP contribution in [0.2, 0.25) is 0 Å². The van der Waals surface area contributed by atoms with Crippen LogP contribution in [0, 0.1) is 0 Å². The smallest absolute Gasteiger partial charge is 0.120 e. The minimum atomic E-state index is 0.191. The van der Waals surface area contributed by atoms with E-state index in [9.17, 15) is 0 Å². The van der Waals surface area contributed by atoms with Gasteiger partial charge in [-0.2, -0.15) is 0 Å². The first kappa shape index (κ1) is 14.6. The first-order chi connectivity index (χ1) is 10.2. The molecule has 0 saturated heterocycles. The second-order valence-electron chi connectivity index (χ2n) is 5.49. The van der Waals surface area contributed by atoms with E-state index in [4.69, 9.17) is 4.74 Å². The van der Waals surface area contributed by atoms with E-state index in [1.165, 1.54) is 41.5 Å². The zero-order chi connectivity index (χ0) is 14.8. The Bertz CT molecular complexity index is 654. The highest BCUT2D eigenvalue weighted by molar-refractivity contribution is 9.10. The van der Waals surface area contributed by atoms with E-state index < -0.39 is 0 Å². The second-order valence-corrected chi connectivity index (χ2v) is 6.35. The Balaban J connectivity index is 1.98. The molecule has 1 aliphatic rings. The third-order valence-electron chi connectivity index (χ3n) is 4.26. The van der Waals surface area contributed by atoms with Gasteiger partial charge in [-0.15, -0.1) is 0 Å². The quantitative estimate of drug-likeness (QED) is 0.893. The number of ether oxygens (including phenoxy) is 1. The topological polar surface area (TPSA) is 21.3 Å². The number of methoxy groups -OCH3 is 1. The van der Waals surface area contributed by atoms with E-state index in [0.717, 1.165) is 10.2 Å². The molecule has 2 aromatic rings. The van der Waals surface area contributed by atoms with Crippen LogP contribution in [0.5, 0.6) is 5.75 Å². The predicted octanol–water partition coefficient (Wildman–Crippen LogP) is 4.26. The largest absolute Gasteiger partial charge is 0.497 e. The number of rotatable bonds is 4. The van der Waals surface area contributed by atoms with Crippen LogP contribution < -0.4 is 10.1 Å². The van der Waals surface area contributed by atoms with E-state index in [1.54, 1.807) is 7.11 Å². The first-order valence-electron chi connectivity index (χ1n) is 7.35. The first-order valence-corrected chi connectivity index (χ1v) is 8.14. The molecule has 0 spiro atoms. The van der Waals surface area contributed by atoms with Crippen LogP contribution in [0.25, 0.3) is 0 Å². The number of aryl methyl sites for hydroxylation is 2. The molecule has 1 aliphatic carbocycles. The molecule has 1 unspecified atom stereocenters. The van der Waals surface area contributed by atoms with Gasteiger partial charge in [0.1, 0.15) is 5.75 Å². The number of hydrogen-bond acceptors (Lipinski definition) is 2. The molecule has 0 aliphatic heterocycles. The lowest BCUT2D eigenvalue weighted by molar-refractivity contribution is 0.414. The molecular formula is C18H20BrNO. The fraction of sp³-hybridized carbons (Fsp3) is 0.333. The van der Waals surface area contributed by atoms with Crippen molar-refractivity contribution in [3.05, 3.63) is 63.1 Å². The Hall–Kier alpha value is -1.32. The summed E-state index contributed by atoms with van der Waals surface area (Å²) in [5, 5.41) is 3.43. The summed E-state index contributed by atoms with van der Waals surface area (Å²) in [4.78, 5) is 0. The zero-order valence-electron chi connectivity index (χ0n) is 12.4. The lowest BCUT2D eigenvalue weighted by Crippen LogP contribution is -2.18. The van der Waals surface area contributed by atoms with Crippen LogP contribution >= 0.6 is 15.9 Å². The summed E-state index contributed by atoms with van der Waals surface area (Å²) in [6.07, 6.45) is 3.73. The Labute approximate surface area is 134 Å². The maximum Gasteiger partial charge on any atom is 0.120 e. The molecule has 0 saturated carbocycles. The molecule has 2 nitrogen and oxygen atoms in total. The molecule has 1 N–H and O–H groups in total. The third-order valence-corrected chi connectivity index (χ3v) is 4.95. The van der Waals surface area contributed by atoms with Crippen molar-refractivity contribution in [1.29, 1.82) is 0 Å². The number of hydrogen-bond donors (Lipinski definition) is 1. The molecule has 3 rings (SSSR count). The standard InChI is InChI=1S/C18H20BrNO/c1-20-18(16-9-8-15(21-2)11-17(16)19)14-7-6-12-4-3-5-13(12)10-14/h6-11,18,20H,3-5H2,1-2H3. The number of benzene rings is 2. The lowest BCUT2D eigenvalue weighted by atomic mass is 9.95. The molecule has 1 atom stereocenters. The molecule has 0 fully saturated rings. The molecular weight excluding hydrogens is 326 g/mol. The van der Waals surface area contributed by atoms with E-state index in [2.05, 4.69) is 45.5 Å². The SMILES string of the molecule is CNC(c1ccc2c(c1)CCC2)c1ccc(OC)cc1Br. The van der Waals surface area contributed by atoms with Crippen molar-refractivity contribution in [1.82, 2.24) is 5.32 Å². The molecule has 0 bridgehead atoms. The normalized spacial score (nSPS) is 14.8. The maximum absolute atomic E-state index is 5.28. The van der Waals surface area contributed by atoms with Gasteiger partial charge in [-0.1, -0.05) is 40.2 Å². The minimum absolute atomic E-state index is 0.191. The summed E-state index contributed by atoms with van der Waals surface area (Å²) in [6.45, 7) is 0. The van der Waals surface area contributed by atoms with E-state index in [0.29, 0.717) is 0 Å². The summed E-state index contributed by atoms with van der Waals surface area (Å²) in [5.41, 5.74) is 5.58. The summed E-state index contributed by atoms with van der Waals surface area (Å²) in [7, 11) is 3.70. The van der Waals surface area contributed by atoms with Crippen molar-refractivity contribution in [3.8, 4) is 5.75 Å². The molecule has 0 amide bonds. The average molecular weight is 346 g/mol. The van der Waals surface area contributed by atoms with Crippen LogP contribution in [0.4, 0.5) is 0 Å².